The molecule has 0 bridgehead atoms. The van der Waals surface area contributed by atoms with Crippen LogP contribution < -0.4 is 10.0 Å². The summed E-state index contributed by atoms with van der Waals surface area (Å²) in [5.74, 6) is 0.582. The number of nitrogens with zero attached hydrogens (tertiary/aromatic N) is 2. The second kappa shape index (κ2) is 9.44. The zero-order valence-corrected chi connectivity index (χ0v) is 19.9. The molecule has 1 saturated carbocycles. The molecule has 178 valence electrons. The van der Waals surface area contributed by atoms with Crippen LogP contribution in [0.15, 0.2) is 82.1 Å². The average Bonchev–Trinajstić information content (AvgIpc) is 3.53. The number of aromatic nitrogens is 2. The van der Waals surface area contributed by atoms with Gasteiger partial charge in [-0.3, -0.25) is 4.79 Å². The fourth-order valence-corrected chi connectivity index (χ4v) is 4.89. The van der Waals surface area contributed by atoms with Crippen LogP contribution in [0, 0.1) is 6.92 Å². The number of carbonyl (C=O) groups is 1. The molecule has 1 aromatic heterocycles. The molecule has 8 nitrogen and oxygen atoms in total. The van der Waals surface area contributed by atoms with Crippen molar-refractivity contribution >= 4 is 15.9 Å². The van der Waals surface area contributed by atoms with Crippen LogP contribution in [-0.2, 0) is 16.6 Å². The third-order valence-corrected chi connectivity index (χ3v) is 7.32. The molecule has 1 amide bonds. The summed E-state index contributed by atoms with van der Waals surface area (Å²) in [6.07, 6.45) is 1.77. The molecule has 0 saturated heterocycles. The van der Waals surface area contributed by atoms with Crippen LogP contribution in [0.3, 0.4) is 0 Å². The second-order valence-corrected chi connectivity index (χ2v) is 10.2. The number of rotatable bonds is 8. The molecular formula is C26H24N4O4S. The summed E-state index contributed by atoms with van der Waals surface area (Å²) in [6.45, 7) is 2.26. The molecule has 5 rings (SSSR count). The molecule has 2 N–H and O–H groups in total. The number of sulfonamides is 1. The highest BCUT2D eigenvalue weighted by atomic mass is 32.2. The van der Waals surface area contributed by atoms with Crippen LogP contribution in [0.4, 0.5) is 0 Å². The summed E-state index contributed by atoms with van der Waals surface area (Å²) < 4.78 is 33.0. The van der Waals surface area contributed by atoms with E-state index in [1.165, 1.54) is 0 Å². The van der Waals surface area contributed by atoms with Gasteiger partial charge in [0.15, 0.2) is 0 Å². The smallest absolute Gasteiger partial charge is 0.251 e. The maximum absolute atomic E-state index is 12.6. The Morgan fingerprint density at radius 1 is 0.943 bits per heavy atom. The molecule has 4 aromatic rings. The lowest BCUT2D eigenvalue weighted by molar-refractivity contribution is 0.0951. The zero-order chi connectivity index (χ0) is 24.4. The highest BCUT2D eigenvalue weighted by Gasteiger charge is 2.27. The van der Waals surface area contributed by atoms with Crippen LogP contribution in [0.1, 0.15) is 34.3 Å². The highest BCUT2D eigenvalue weighted by molar-refractivity contribution is 7.89. The summed E-state index contributed by atoms with van der Waals surface area (Å²) >= 11 is 0. The first kappa shape index (κ1) is 22.9. The van der Waals surface area contributed by atoms with E-state index in [0.29, 0.717) is 22.9 Å². The van der Waals surface area contributed by atoms with Gasteiger partial charge < -0.3 is 9.73 Å². The molecule has 0 unspecified atom stereocenters. The predicted octanol–water partition coefficient (Wildman–Crippen LogP) is 4.08. The first-order chi connectivity index (χ1) is 16.9. The van der Waals surface area contributed by atoms with E-state index in [2.05, 4.69) is 20.2 Å². The van der Waals surface area contributed by atoms with Crippen molar-refractivity contribution < 1.29 is 17.6 Å². The van der Waals surface area contributed by atoms with Gasteiger partial charge in [0.1, 0.15) is 0 Å². The zero-order valence-electron chi connectivity index (χ0n) is 19.1. The number of benzene rings is 3. The van der Waals surface area contributed by atoms with Gasteiger partial charge in [0.05, 0.1) is 4.90 Å². The Bertz CT molecular complexity index is 1460. The van der Waals surface area contributed by atoms with E-state index in [1.54, 1.807) is 48.5 Å². The van der Waals surface area contributed by atoms with Crippen molar-refractivity contribution in [1.29, 1.82) is 0 Å². The van der Waals surface area contributed by atoms with Crippen LogP contribution in [0.25, 0.3) is 22.9 Å². The first-order valence-corrected chi connectivity index (χ1v) is 12.8. The monoisotopic (exact) mass is 488 g/mol. The van der Waals surface area contributed by atoms with E-state index in [4.69, 9.17) is 4.42 Å². The Kier molecular flexibility index (Phi) is 6.19. The fourth-order valence-electron chi connectivity index (χ4n) is 3.59. The topological polar surface area (TPSA) is 114 Å². The normalized spacial score (nSPS) is 13.5. The number of amides is 1. The fraction of sp³-hybridized carbons (Fsp3) is 0.192. The van der Waals surface area contributed by atoms with Gasteiger partial charge in [0, 0.05) is 29.3 Å². The van der Waals surface area contributed by atoms with Crippen molar-refractivity contribution in [2.45, 2.75) is 37.2 Å². The van der Waals surface area contributed by atoms with E-state index in [9.17, 15) is 13.2 Å². The Morgan fingerprint density at radius 3 is 2.31 bits per heavy atom. The molecule has 35 heavy (non-hydrogen) atoms. The first-order valence-electron chi connectivity index (χ1n) is 11.3. The second-order valence-electron chi connectivity index (χ2n) is 8.53. The summed E-state index contributed by atoms with van der Waals surface area (Å²) in [4.78, 5) is 12.8. The minimum atomic E-state index is -3.49. The van der Waals surface area contributed by atoms with E-state index in [0.717, 1.165) is 29.5 Å². The Hall–Kier alpha value is -3.82. The van der Waals surface area contributed by atoms with Gasteiger partial charge in [-0.1, -0.05) is 30.3 Å². The molecule has 0 atom stereocenters. The van der Waals surface area contributed by atoms with Gasteiger partial charge in [0.25, 0.3) is 5.91 Å². The number of nitrogens with one attached hydrogen (secondary N) is 2. The van der Waals surface area contributed by atoms with Gasteiger partial charge in [-0.05, 0) is 73.4 Å². The predicted molar refractivity (Wildman–Crippen MR) is 131 cm³/mol. The molecular weight excluding hydrogens is 464 g/mol. The minimum absolute atomic E-state index is 0.0558. The third kappa shape index (κ3) is 5.31. The van der Waals surface area contributed by atoms with Crippen LogP contribution in [-0.4, -0.2) is 30.6 Å². The molecule has 9 heteroatoms. The molecule has 1 heterocycles. The maximum atomic E-state index is 12.6. The van der Waals surface area contributed by atoms with Gasteiger partial charge in [-0.15, -0.1) is 10.2 Å². The lowest BCUT2D eigenvalue weighted by Crippen LogP contribution is -2.26. The highest BCUT2D eigenvalue weighted by Crippen LogP contribution is 2.26. The van der Waals surface area contributed by atoms with Crippen LogP contribution in [0.5, 0.6) is 0 Å². The van der Waals surface area contributed by atoms with Gasteiger partial charge in [-0.25, -0.2) is 13.1 Å². The van der Waals surface area contributed by atoms with Gasteiger partial charge in [0.2, 0.25) is 21.8 Å². The maximum Gasteiger partial charge on any atom is 0.251 e. The summed E-state index contributed by atoms with van der Waals surface area (Å²) in [5.41, 5.74) is 3.92. The van der Waals surface area contributed by atoms with E-state index < -0.39 is 10.0 Å². The Labute approximate surface area is 203 Å². The van der Waals surface area contributed by atoms with Crippen LogP contribution in [0.2, 0.25) is 0 Å². The SMILES string of the molecule is Cc1ccccc1-c1nnc(-c2ccc(C(=O)NCc3ccc(S(=O)(=O)NC4CC4)cc3)cc2)o1. The lowest BCUT2D eigenvalue weighted by Gasteiger charge is -2.08. The number of hydrogen-bond acceptors (Lipinski definition) is 6. The van der Waals surface area contributed by atoms with Gasteiger partial charge in [-0.2, -0.15) is 0 Å². The molecule has 0 radical (unpaired) electrons. The van der Waals surface area contributed by atoms with E-state index in [1.807, 2.05) is 31.2 Å². The van der Waals surface area contributed by atoms with Crippen LogP contribution >= 0.6 is 0 Å². The van der Waals surface area contributed by atoms with E-state index in [-0.39, 0.29) is 23.4 Å². The van der Waals surface area contributed by atoms with Crippen molar-refractivity contribution in [3.8, 4) is 22.9 Å². The summed E-state index contributed by atoms with van der Waals surface area (Å²) in [7, 11) is -3.49. The molecule has 3 aromatic carbocycles. The number of carbonyl (C=O) groups excluding carboxylic acids is 1. The lowest BCUT2D eigenvalue weighted by atomic mass is 10.1. The van der Waals surface area contributed by atoms with Crippen molar-refractivity contribution in [1.82, 2.24) is 20.2 Å². The van der Waals surface area contributed by atoms with E-state index >= 15 is 0 Å². The number of hydrogen-bond donors (Lipinski definition) is 2. The molecule has 0 aliphatic heterocycles. The minimum Gasteiger partial charge on any atom is -0.416 e. The average molecular weight is 489 g/mol. The van der Waals surface area contributed by atoms with Crippen molar-refractivity contribution in [2.24, 2.45) is 0 Å². The Balaban J connectivity index is 1.20. The molecule has 1 aliphatic rings. The third-order valence-electron chi connectivity index (χ3n) is 5.78. The van der Waals surface area contributed by atoms with Crippen molar-refractivity contribution in [3.63, 3.8) is 0 Å². The summed E-state index contributed by atoms with van der Waals surface area (Å²) in [6, 6.07) is 21.3. The Morgan fingerprint density at radius 2 is 1.63 bits per heavy atom. The van der Waals surface area contributed by atoms with Gasteiger partial charge >= 0.3 is 0 Å². The largest absolute Gasteiger partial charge is 0.416 e. The summed E-state index contributed by atoms with van der Waals surface area (Å²) in [5, 5.41) is 11.1. The quantitative estimate of drug-likeness (QED) is 0.386. The standard InChI is InChI=1S/C26H24N4O4S/c1-17-4-2-3-5-23(17)26-29-28-25(34-26)20-10-8-19(9-11-20)24(31)27-16-18-6-14-22(15-7-18)35(32,33)30-21-12-13-21/h2-11,14-15,21,30H,12-13,16H2,1H3,(H,27,31). The van der Waals surface area contributed by atoms with Crippen molar-refractivity contribution in [3.05, 3.63) is 89.5 Å². The number of aryl methyl sites for hydroxylation is 1. The molecule has 1 aliphatic carbocycles. The molecule has 0 spiro atoms. The molecule has 1 fully saturated rings. The van der Waals surface area contributed by atoms with Crippen molar-refractivity contribution in [2.75, 3.05) is 0 Å².